The number of quaternary nitrogens is 1. The lowest BCUT2D eigenvalue weighted by molar-refractivity contribution is -0.884. The first-order chi connectivity index (χ1) is 19.7. The third kappa shape index (κ3) is 24.9. The second-order valence-corrected chi connectivity index (χ2v) is 14.8. The first kappa shape index (κ1) is 40.8. The topological polar surface area (TPSA) is 67.8 Å². The molecule has 0 saturated heterocycles. The highest BCUT2D eigenvalue weighted by atomic mass is 31.2. The number of hydrogen-bond acceptors (Lipinski definition) is 5. The summed E-state index contributed by atoms with van der Waals surface area (Å²) in [4.78, 5) is 12.6. The molecule has 0 heterocycles. The molecule has 3 atom stereocenters. The molecule has 0 fully saturated rings. The SMILES string of the molecule is CCCCCCCCCCCCC/C=C\CCCCCCCCCOC[C@H](COP(=O)([O-])C(CC)[N+](C)(C)C)OC. The quantitative estimate of drug-likeness (QED) is 0.0342. The van der Waals surface area contributed by atoms with Gasteiger partial charge in [0.2, 0.25) is 0 Å². The van der Waals surface area contributed by atoms with Gasteiger partial charge in [-0.25, -0.2) is 0 Å². The maximum absolute atomic E-state index is 12.6. The highest BCUT2D eigenvalue weighted by molar-refractivity contribution is 7.51. The van der Waals surface area contributed by atoms with Crippen molar-refractivity contribution in [2.24, 2.45) is 0 Å². The van der Waals surface area contributed by atoms with E-state index in [9.17, 15) is 9.46 Å². The van der Waals surface area contributed by atoms with Crippen molar-refractivity contribution in [3.63, 3.8) is 0 Å². The Balaban J connectivity index is 3.54. The van der Waals surface area contributed by atoms with Crippen LogP contribution in [0.5, 0.6) is 0 Å². The van der Waals surface area contributed by atoms with Crippen molar-refractivity contribution in [3.8, 4) is 0 Å². The van der Waals surface area contributed by atoms with E-state index >= 15 is 0 Å². The van der Waals surface area contributed by atoms with E-state index in [0.29, 0.717) is 24.1 Å². The average Bonchev–Trinajstić information content (AvgIpc) is 2.92. The van der Waals surface area contributed by atoms with Crippen molar-refractivity contribution < 1.29 is 27.9 Å². The Labute approximate surface area is 256 Å². The molecule has 0 saturated carbocycles. The number of allylic oxidation sites excluding steroid dienone is 2. The first-order valence-corrected chi connectivity index (χ1v) is 18.8. The third-order valence-electron chi connectivity index (χ3n) is 8.00. The van der Waals surface area contributed by atoms with E-state index in [1.54, 1.807) is 7.11 Å². The summed E-state index contributed by atoms with van der Waals surface area (Å²) in [5.41, 5.74) is 0. The van der Waals surface area contributed by atoms with E-state index < -0.39 is 13.4 Å². The van der Waals surface area contributed by atoms with Crippen LogP contribution in [0.1, 0.15) is 149 Å². The zero-order valence-corrected chi connectivity index (χ0v) is 29.1. The van der Waals surface area contributed by atoms with Gasteiger partial charge < -0.3 is 27.9 Å². The van der Waals surface area contributed by atoms with Crippen molar-refractivity contribution in [2.75, 3.05) is 48.1 Å². The van der Waals surface area contributed by atoms with Gasteiger partial charge in [-0.1, -0.05) is 122 Å². The van der Waals surface area contributed by atoms with Crippen molar-refractivity contribution >= 4 is 7.60 Å². The van der Waals surface area contributed by atoms with Crippen molar-refractivity contribution in [1.29, 1.82) is 0 Å². The first-order valence-electron chi connectivity index (χ1n) is 17.2. The van der Waals surface area contributed by atoms with Crippen molar-refractivity contribution in [1.82, 2.24) is 0 Å². The van der Waals surface area contributed by atoms with Gasteiger partial charge in [0.1, 0.15) is 6.10 Å². The third-order valence-corrected chi connectivity index (χ3v) is 10.3. The molecule has 0 aromatic rings. The molecule has 0 amide bonds. The Morgan fingerprint density at radius 3 is 1.54 bits per heavy atom. The number of rotatable bonds is 31. The van der Waals surface area contributed by atoms with Crippen LogP contribution < -0.4 is 4.89 Å². The van der Waals surface area contributed by atoms with Crippen molar-refractivity contribution in [3.05, 3.63) is 12.2 Å². The van der Waals surface area contributed by atoms with E-state index in [1.807, 2.05) is 28.1 Å². The number of methoxy groups -OCH3 is 1. The summed E-state index contributed by atoms with van der Waals surface area (Å²) in [6.45, 7) is 5.19. The van der Waals surface area contributed by atoms with Gasteiger partial charge in [-0.2, -0.15) is 0 Å². The Bertz CT molecular complexity index is 637. The monoisotopic (exact) mass is 603 g/mol. The van der Waals surface area contributed by atoms with Crippen LogP contribution in [0.2, 0.25) is 0 Å². The molecule has 0 rings (SSSR count). The summed E-state index contributed by atoms with van der Waals surface area (Å²) in [6, 6.07) is 0. The van der Waals surface area contributed by atoms with Gasteiger partial charge in [0, 0.05) is 20.1 Å². The minimum atomic E-state index is -3.99. The fraction of sp³-hybridized carbons (Fsp3) is 0.941. The van der Waals surface area contributed by atoms with Crippen LogP contribution in [0.4, 0.5) is 0 Å². The van der Waals surface area contributed by atoms with Gasteiger partial charge in [0.25, 0.3) is 0 Å². The average molecular weight is 604 g/mol. The van der Waals surface area contributed by atoms with Crippen LogP contribution in [-0.2, 0) is 18.6 Å². The second-order valence-electron chi connectivity index (χ2n) is 12.8. The van der Waals surface area contributed by atoms with Crippen LogP contribution >= 0.6 is 7.60 Å². The Morgan fingerprint density at radius 2 is 1.12 bits per heavy atom. The molecule has 0 aliphatic heterocycles. The zero-order valence-electron chi connectivity index (χ0n) is 28.2. The number of ether oxygens (including phenoxy) is 2. The summed E-state index contributed by atoms with van der Waals surface area (Å²) in [5, 5.41) is 0. The van der Waals surface area contributed by atoms with Gasteiger partial charge in [-0.05, 0) is 32.1 Å². The number of unbranched alkanes of at least 4 members (excludes halogenated alkanes) is 18. The molecular weight excluding hydrogens is 533 g/mol. The lowest BCUT2D eigenvalue weighted by Gasteiger charge is -2.41. The number of hydrogen-bond donors (Lipinski definition) is 0. The van der Waals surface area contributed by atoms with Gasteiger partial charge in [0.15, 0.2) is 13.4 Å². The highest BCUT2D eigenvalue weighted by Gasteiger charge is 2.34. The molecule has 0 N–H and O–H groups in total. The Hall–Kier alpha value is -0.230. The van der Waals surface area contributed by atoms with E-state index in [2.05, 4.69) is 19.1 Å². The van der Waals surface area contributed by atoms with Gasteiger partial charge in [-0.3, -0.25) is 0 Å². The highest BCUT2D eigenvalue weighted by Crippen LogP contribution is 2.47. The largest absolute Gasteiger partial charge is 0.774 e. The zero-order chi connectivity index (χ0) is 30.7. The Morgan fingerprint density at radius 1 is 0.683 bits per heavy atom. The number of nitrogens with zero attached hydrogens (tertiary/aromatic N) is 1. The van der Waals surface area contributed by atoms with Crippen LogP contribution in [-0.4, -0.2) is 64.4 Å². The molecule has 0 aliphatic rings. The summed E-state index contributed by atoms with van der Waals surface area (Å²) < 4.78 is 29.4. The lowest BCUT2D eigenvalue weighted by Crippen LogP contribution is -2.47. The standard InChI is InChI=1S/C34H70NO5P/c1-7-9-10-11-12-13-14-15-16-17-18-19-20-21-22-23-24-25-26-27-28-29-30-39-31-33(38-6)32-40-41(36,37)34(8-2)35(3,4)5/h20-21,33-34H,7-19,22-32H2,1-6H3/b21-20-/t33-,34?/m1/s1. The van der Waals surface area contributed by atoms with E-state index in [0.717, 1.165) is 6.42 Å². The van der Waals surface area contributed by atoms with Crippen LogP contribution in [0, 0.1) is 0 Å². The molecular formula is C34H70NO5P. The molecule has 0 aromatic carbocycles. The fourth-order valence-electron chi connectivity index (χ4n) is 5.38. The summed E-state index contributed by atoms with van der Waals surface area (Å²) in [5.74, 6) is -0.568. The molecule has 2 unspecified atom stereocenters. The van der Waals surface area contributed by atoms with Crippen LogP contribution in [0.3, 0.4) is 0 Å². The summed E-state index contributed by atoms with van der Waals surface area (Å²) >= 11 is 0. The predicted molar refractivity (Wildman–Crippen MR) is 174 cm³/mol. The molecule has 41 heavy (non-hydrogen) atoms. The molecule has 0 aromatic heterocycles. The maximum atomic E-state index is 12.6. The molecule has 246 valence electrons. The maximum Gasteiger partial charge on any atom is 0.193 e. The minimum absolute atomic E-state index is 0.00231. The Kier molecular flexibility index (Phi) is 27.2. The second kappa shape index (κ2) is 27.3. The lowest BCUT2D eigenvalue weighted by atomic mass is 10.0. The smallest absolute Gasteiger partial charge is 0.193 e. The predicted octanol–water partition coefficient (Wildman–Crippen LogP) is 9.41. The van der Waals surface area contributed by atoms with E-state index in [-0.39, 0.29) is 12.7 Å². The fourth-order valence-corrected chi connectivity index (χ4v) is 7.22. The molecule has 0 radical (unpaired) electrons. The normalized spacial score (nSPS) is 15.4. The molecule has 0 aliphatic carbocycles. The molecule has 0 bridgehead atoms. The van der Waals surface area contributed by atoms with Crippen LogP contribution in [0.15, 0.2) is 12.2 Å². The van der Waals surface area contributed by atoms with Crippen molar-refractivity contribution in [2.45, 2.75) is 161 Å². The molecule has 6 nitrogen and oxygen atoms in total. The minimum Gasteiger partial charge on any atom is -0.774 e. The summed E-state index contributed by atoms with van der Waals surface area (Å²) in [7, 11) is 3.20. The van der Waals surface area contributed by atoms with E-state index in [1.165, 1.54) is 122 Å². The summed E-state index contributed by atoms with van der Waals surface area (Å²) in [6.07, 6.45) is 31.7. The van der Waals surface area contributed by atoms with Crippen LogP contribution in [0.25, 0.3) is 0 Å². The van der Waals surface area contributed by atoms with E-state index in [4.69, 9.17) is 14.0 Å². The molecule has 0 spiro atoms. The molecule has 7 heteroatoms. The van der Waals surface area contributed by atoms with Gasteiger partial charge in [-0.15, -0.1) is 0 Å². The van der Waals surface area contributed by atoms with Gasteiger partial charge in [0.05, 0.1) is 34.4 Å². The van der Waals surface area contributed by atoms with Gasteiger partial charge >= 0.3 is 0 Å².